The van der Waals surface area contributed by atoms with Gasteiger partial charge < -0.3 is 9.73 Å². The molecule has 2 aromatic carbocycles. The van der Waals surface area contributed by atoms with E-state index in [4.69, 9.17) is 9.52 Å². The zero-order valence-corrected chi connectivity index (χ0v) is 14.6. The van der Waals surface area contributed by atoms with Gasteiger partial charge in [0.15, 0.2) is 11.7 Å². The second kappa shape index (κ2) is 6.02. The molecule has 0 radical (unpaired) electrons. The van der Waals surface area contributed by atoms with Crippen molar-refractivity contribution in [2.45, 2.75) is 26.3 Å². The van der Waals surface area contributed by atoms with Gasteiger partial charge >= 0.3 is 0 Å². The molecule has 0 spiro atoms. The quantitative estimate of drug-likeness (QED) is 0.544. The van der Waals surface area contributed by atoms with Crippen LogP contribution in [0.1, 0.15) is 18.7 Å². The molecule has 0 bridgehead atoms. The highest BCUT2D eigenvalue weighted by atomic mass is 16.4. The fraction of sp³-hybridized carbons (Fsp3) is 0.238. The number of rotatable bonds is 5. The molecule has 5 rings (SSSR count). The van der Waals surface area contributed by atoms with Crippen LogP contribution in [0.5, 0.6) is 0 Å². The third kappa shape index (κ3) is 2.96. The summed E-state index contributed by atoms with van der Waals surface area (Å²) in [6.07, 6.45) is 6.57. The largest absolute Gasteiger partial charge is 0.441 e. The molecule has 2 aromatic heterocycles. The minimum absolute atomic E-state index is 0.677. The normalized spacial score (nSPS) is 14.0. The second-order valence-electron chi connectivity index (χ2n) is 6.98. The summed E-state index contributed by atoms with van der Waals surface area (Å²) in [5.41, 5.74) is 4.08. The molecule has 0 aliphatic heterocycles. The van der Waals surface area contributed by atoms with Gasteiger partial charge in [0.25, 0.3) is 0 Å². The van der Waals surface area contributed by atoms with E-state index in [-0.39, 0.29) is 0 Å². The van der Waals surface area contributed by atoms with Gasteiger partial charge in [-0.2, -0.15) is 5.10 Å². The molecule has 5 nitrogen and oxygen atoms in total. The number of hydrogen-bond acceptors (Lipinski definition) is 4. The van der Waals surface area contributed by atoms with E-state index in [0.29, 0.717) is 5.89 Å². The minimum atomic E-state index is 0.677. The summed E-state index contributed by atoms with van der Waals surface area (Å²) in [6, 6.07) is 14.4. The number of nitrogens with one attached hydrogen (secondary N) is 1. The maximum absolute atomic E-state index is 5.58. The number of benzene rings is 2. The standard InChI is InChI=1S/C21H20N4O/c1-14-22-11-20(26-14)16-7-9-18(10-8-16)23-19-4-2-3-17-13-25(24-21(17)19)12-15-5-6-15/h2-4,7-11,13,15,23H,5-6,12H2,1H3. The number of aromatic nitrogens is 3. The molecule has 0 amide bonds. The molecule has 0 unspecified atom stereocenters. The van der Waals surface area contributed by atoms with Crippen LogP contribution in [0.25, 0.3) is 22.2 Å². The van der Waals surface area contributed by atoms with Crippen molar-refractivity contribution < 1.29 is 4.42 Å². The van der Waals surface area contributed by atoms with Crippen molar-refractivity contribution in [3.63, 3.8) is 0 Å². The summed E-state index contributed by atoms with van der Waals surface area (Å²) in [5, 5.41) is 9.45. The van der Waals surface area contributed by atoms with Crippen LogP contribution in [0.4, 0.5) is 11.4 Å². The maximum Gasteiger partial charge on any atom is 0.191 e. The Morgan fingerprint density at radius 2 is 2.00 bits per heavy atom. The Balaban J connectivity index is 1.40. The van der Waals surface area contributed by atoms with Gasteiger partial charge in [-0.05, 0) is 49.1 Å². The number of oxazole rings is 1. The summed E-state index contributed by atoms with van der Waals surface area (Å²) in [7, 11) is 0. The van der Waals surface area contributed by atoms with Crippen LogP contribution < -0.4 is 5.32 Å². The third-order valence-electron chi connectivity index (χ3n) is 4.80. The molecule has 130 valence electrons. The summed E-state index contributed by atoms with van der Waals surface area (Å²) in [6.45, 7) is 2.88. The fourth-order valence-corrected chi connectivity index (χ4v) is 3.22. The fourth-order valence-electron chi connectivity index (χ4n) is 3.22. The monoisotopic (exact) mass is 344 g/mol. The molecule has 0 atom stereocenters. The Bertz CT molecular complexity index is 1060. The average Bonchev–Trinajstić information content (AvgIpc) is 3.18. The first-order valence-electron chi connectivity index (χ1n) is 9.01. The van der Waals surface area contributed by atoms with E-state index in [9.17, 15) is 0 Å². The first kappa shape index (κ1) is 15.2. The topological polar surface area (TPSA) is 55.9 Å². The van der Waals surface area contributed by atoms with Crippen LogP contribution in [0, 0.1) is 12.8 Å². The number of nitrogens with zero attached hydrogens (tertiary/aromatic N) is 3. The molecular formula is C21H20N4O. The summed E-state index contributed by atoms with van der Waals surface area (Å²) < 4.78 is 7.67. The molecule has 4 aromatic rings. The first-order chi connectivity index (χ1) is 12.7. The van der Waals surface area contributed by atoms with E-state index >= 15 is 0 Å². The van der Waals surface area contributed by atoms with Crippen molar-refractivity contribution in [3.8, 4) is 11.3 Å². The zero-order chi connectivity index (χ0) is 17.5. The van der Waals surface area contributed by atoms with Crippen LogP contribution in [-0.4, -0.2) is 14.8 Å². The van der Waals surface area contributed by atoms with Gasteiger partial charge in [0, 0.05) is 36.3 Å². The lowest BCUT2D eigenvalue weighted by molar-refractivity contribution is 0.534. The summed E-state index contributed by atoms with van der Waals surface area (Å²) in [4.78, 5) is 4.15. The highest BCUT2D eigenvalue weighted by molar-refractivity contribution is 5.92. The number of anilines is 2. The highest BCUT2D eigenvalue weighted by Crippen LogP contribution is 2.32. The first-order valence-corrected chi connectivity index (χ1v) is 9.01. The van der Waals surface area contributed by atoms with E-state index in [0.717, 1.165) is 40.7 Å². The Kier molecular flexibility index (Phi) is 3.52. The van der Waals surface area contributed by atoms with Crippen molar-refractivity contribution in [2.24, 2.45) is 5.92 Å². The Morgan fingerprint density at radius 3 is 2.73 bits per heavy atom. The SMILES string of the molecule is Cc1ncc(-c2ccc(Nc3cccc4cn(CC5CC5)nc34)cc2)o1. The van der Waals surface area contributed by atoms with E-state index < -0.39 is 0 Å². The van der Waals surface area contributed by atoms with Gasteiger partial charge in [-0.1, -0.05) is 12.1 Å². The highest BCUT2D eigenvalue weighted by Gasteiger charge is 2.22. The molecule has 1 aliphatic rings. The molecule has 26 heavy (non-hydrogen) atoms. The number of aryl methyl sites for hydroxylation is 1. The van der Waals surface area contributed by atoms with Crippen molar-refractivity contribution in [1.29, 1.82) is 0 Å². The van der Waals surface area contributed by atoms with Gasteiger partial charge in [0.1, 0.15) is 5.52 Å². The van der Waals surface area contributed by atoms with Gasteiger partial charge in [-0.15, -0.1) is 0 Å². The Labute approximate surface area is 151 Å². The Hall–Kier alpha value is -3.08. The van der Waals surface area contributed by atoms with E-state index in [1.165, 1.54) is 18.2 Å². The smallest absolute Gasteiger partial charge is 0.191 e. The van der Waals surface area contributed by atoms with Crippen LogP contribution in [0.2, 0.25) is 0 Å². The van der Waals surface area contributed by atoms with E-state index in [1.807, 2.05) is 31.2 Å². The minimum Gasteiger partial charge on any atom is -0.441 e. The molecule has 5 heteroatoms. The molecular weight excluding hydrogens is 324 g/mol. The molecule has 1 aliphatic carbocycles. The number of hydrogen-bond donors (Lipinski definition) is 1. The van der Waals surface area contributed by atoms with Crippen LogP contribution in [0.15, 0.2) is 59.3 Å². The van der Waals surface area contributed by atoms with Gasteiger partial charge in [0.05, 0.1) is 11.9 Å². The van der Waals surface area contributed by atoms with Crippen LogP contribution >= 0.6 is 0 Å². The van der Waals surface area contributed by atoms with Gasteiger partial charge in [0.2, 0.25) is 0 Å². The van der Waals surface area contributed by atoms with Crippen LogP contribution in [-0.2, 0) is 6.54 Å². The van der Waals surface area contributed by atoms with Crippen molar-refractivity contribution >= 4 is 22.3 Å². The van der Waals surface area contributed by atoms with E-state index in [2.05, 4.69) is 39.4 Å². The van der Waals surface area contributed by atoms with Crippen molar-refractivity contribution in [1.82, 2.24) is 14.8 Å². The third-order valence-corrected chi connectivity index (χ3v) is 4.80. The lowest BCUT2D eigenvalue weighted by Gasteiger charge is -2.07. The van der Waals surface area contributed by atoms with Crippen molar-refractivity contribution in [3.05, 3.63) is 60.7 Å². The number of fused-ring (bicyclic) bond motifs is 1. The predicted molar refractivity (Wildman–Crippen MR) is 102 cm³/mol. The molecule has 1 saturated carbocycles. The van der Waals surface area contributed by atoms with Crippen LogP contribution in [0.3, 0.4) is 0 Å². The van der Waals surface area contributed by atoms with Crippen molar-refractivity contribution in [2.75, 3.05) is 5.32 Å². The van der Waals surface area contributed by atoms with E-state index in [1.54, 1.807) is 6.20 Å². The zero-order valence-electron chi connectivity index (χ0n) is 14.6. The Morgan fingerprint density at radius 1 is 1.15 bits per heavy atom. The lowest BCUT2D eigenvalue weighted by Crippen LogP contribution is -1.99. The van der Waals surface area contributed by atoms with Gasteiger partial charge in [-0.3, -0.25) is 4.68 Å². The molecule has 0 saturated heterocycles. The maximum atomic E-state index is 5.58. The molecule has 1 N–H and O–H groups in total. The lowest BCUT2D eigenvalue weighted by atomic mass is 10.1. The second-order valence-corrected chi connectivity index (χ2v) is 6.98. The summed E-state index contributed by atoms with van der Waals surface area (Å²) in [5.74, 6) is 2.28. The average molecular weight is 344 g/mol. The van der Waals surface area contributed by atoms with Gasteiger partial charge in [-0.25, -0.2) is 4.98 Å². The predicted octanol–water partition coefficient (Wildman–Crippen LogP) is 5.15. The summed E-state index contributed by atoms with van der Waals surface area (Å²) >= 11 is 0. The molecule has 2 heterocycles. The molecule has 1 fully saturated rings.